The van der Waals surface area contributed by atoms with Gasteiger partial charge in [0, 0.05) is 33.2 Å². The number of benzene rings is 10. The molecule has 0 radical (unpaired) electrons. The molecule has 0 atom stereocenters. The normalized spacial score (nSPS) is 11.6. The maximum atomic E-state index is 5.15. The average molecular weight is 776 g/mol. The van der Waals surface area contributed by atoms with Crippen molar-refractivity contribution in [2.24, 2.45) is 0 Å². The first-order chi connectivity index (χ1) is 30.2. The molecule has 0 aliphatic rings. The summed E-state index contributed by atoms with van der Waals surface area (Å²) in [6.07, 6.45) is 0. The van der Waals surface area contributed by atoms with Crippen molar-refractivity contribution in [1.82, 2.24) is 14.5 Å². The van der Waals surface area contributed by atoms with E-state index >= 15 is 0 Å². The summed E-state index contributed by atoms with van der Waals surface area (Å²) < 4.78 is 2.36. The first-order valence-electron chi connectivity index (χ1n) is 20.8. The van der Waals surface area contributed by atoms with Gasteiger partial charge in [0.05, 0.1) is 22.4 Å². The molecular formula is C58H37N3. The molecule has 61 heavy (non-hydrogen) atoms. The van der Waals surface area contributed by atoms with E-state index in [0.29, 0.717) is 5.82 Å². The van der Waals surface area contributed by atoms with Crippen LogP contribution in [0.2, 0.25) is 0 Å². The van der Waals surface area contributed by atoms with Crippen molar-refractivity contribution in [1.29, 1.82) is 0 Å². The first kappa shape index (κ1) is 34.9. The summed E-state index contributed by atoms with van der Waals surface area (Å²) in [5, 5.41) is 10.1. The molecule has 0 aliphatic carbocycles. The zero-order valence-corrected chi connectivity index (χ0v) is 33.2. The van der Waals surface area contributed by atoms with E-state index in [0.717, 1.165) is 44.9 Å². The summed E-state index contributed by atoms with van der Waals surface area (Å²) in [5.41, 5.74) is 13.1. The van der Waals surface area contributed by atoms with Crippen LogP contribution < -0.4 is 0 Å². The van der Waals surface area contributed by atoms with Crippen LogP contribution >= 0.6 is 0 Å². The lowest BCUT2D eigenvalue weighted by Gasteiger charge is -2.15. The second kappa shape index (κ2) is 14.3. The third-order valence-corrected chi connectivity index (χ3v) is 12.2. The highest BCUT2D eigenvalue weighted by atomic mass is 15.0. The Morgan fingerprint density at radius 2 is 0.770 bits per heavy atom. The average Bonchev–Trinajstić information content (AvgIpc) is 3.68. The largest absolute Gasteiger partial charge is 0.309 e. The van der Waals surface area contributed by atoms with Gasteiger partial charge in [-0.1, -0.05) is 188 Å². The van der Waals surface area contributed by atoms with Crippen LogP contribution in [0.25, 0.3) is 116 Å². The van der Waals surface area contributed by atoms with E-state index in [1.165, 1.54) is 65.3 Å². The van der Waals surface area contributed by atoms with Crippen LogP contribution in [0.15, 0.2) is 224 Å². The molecule has 12 rings (SSSR count). The predicted octanol–water partition coefficient (Wildman–Crippen LogP) is 15.4. The number of hydrogen-bond donors (Lipinski definition) is 0. The Bertz CT molecular complexity index is 3550. The van der Waals surface area contributed by atoms with E-state index in [1.807, 2.05) is 18.2 Å². The van der Waals surface area contributed by atoms with Crippen LogP contribution in [0, 0.1) is 0 Å². The van der Waals surface area contributed by atoms with Crippen LogP contribution in [0.5, 0.6) is 0 Å². The van der Waals surface area contributed by atoms with Gasteiger partial charge in [-0.2, -0.15) is 0 Å². The molecule has 0 aliphatic heterocycles. The SMILES string of the molecule is c1ccc(-c2nc(-c3ccc(-c4ccc(-n5c6ccccc6c6ccccc65)cc4)cc3)cc(-c3ccc(-c4c5ccccc5cc5c4ccc4ccccc45)cc3)n2)cc1. The Labute approximate surface area is 353 Å². The zero-order chi connectivity index (χ0) is 40.3. The molecule has 0 saturated heterocycles. The van der Waals surface area contributed by atoms with Crippen molar-refractivity contribution >= 4 is 54.1 Å². The van der Waals surface area contributed by atoms with Crippen molar-refractivity contribution in [3.63, 3.8) is 0 Å². The molecule has 0 bridgehead atoms. The molecule has 0 unspecified atom stereocenters. The summed E-state index contributed by atoms with van der Waals surface area (Å²) in [6, 6.07) is 80.5. The summed E-state index contributed by atoms with van der Waals surface area (Å²) in [6.45, 7) is 0. The first-order valence-corrected chi connectivity index (χ1v) is 20.8. The molecule has 0 fully saturated rings. The second-order valence-electron chi connectivity index (χ2n) is 15.8. The highest BCUT2D eigenvalue weighted by molar-refractivity contribution is 6.20. The molecule has 3 heteroatoms. The number of rotatable bonds is 6. The number of aromatic nitrogens is 3. The van der Waals surface area contributed by atoms with Crippen molar-refractivity contribution < 1.29 is 0 Å². The Balaban J connectivity index is 0.904. The van der Waals surface area contributed by atoms with Gasteiger partial charge in [-0.25, -0.2) is 9.97 Å². The fourth-order valence-electron chi connectivity index (χ4n) is 9.24. The van der Waals surface area contributed by atoms with Gasteiger partial charge in [-0.15, -0.1) is 0 Å². The molecule has 284 valence electrons. The third-order valence-electron chi connectivity index (χ3n) is 12.2. The summed E-state index contributed by atoms with van der Waals surface area (Å²) in [4.78, 5) is 10.3. The minimum absolute atomic E-state index is 0.703. The van der Waals surface area contributed by atoms with Gasteiger partial charge in [0.2, 0.25) is 0 Å². The topological polar surface area (TPSA) is 30.7 Å². The lowest BCUT2D eigenvalue weighted by molar-refractivity contribution is 1.18. The predicted molar refractivity (Wildman–Crippen MR) is 256 cm³/mol. The maximum absolute atomic E-state index is 5.15. The van der Waals surface area contributed by atoms with E-state index in [4.69, 9.17) is 9.97 Å². The summed E-state index contributed by atoms with van der Waals surface area (Å²) in [5.74, 6) is 0.703. The highest BCUT2D eigenvalue weighted by Crippen LogP contribution is 2.40. The maximum Gasteiger partial charge on any atom is 0.160 e. The lowest BCUT2D eigenvalue weighted by Crippen LogP contribution is -1.96. The van der Waals surface area contributed by atoms with Crippen molar-refractivity contribution in [3.05, 3.63) is 224 Å². The minimum atomic E-state index is 0.703. The molecule has 0 saturated carbocycles. The molecule has 12 aromatic rings. The number of fused-ring (bicyclic) bond motifs is 7. The van der Waals surface area contributed by atoms with Gasteiger partial charge in [-0.05, 0) is 91.0 Å². The Morgan fingerprint density at radius 1 is 0.279 bits per heavy atom. The van der Waals surface area contributed by atoms with E-state index in [2.05, 4.69) is 211 Å². The van der Waals surface area contributed by atoms with Gasteiger partial charge in [0.15, 0.2) is 5.82 Å². The molecule has 2 aromatic heterocycles. The third kappa shape index (κ3) is 5.98. The fraction of sp³-hybridized carbons (Fsp3) is 0. The van der Waals surface area contributed by atoms with Crippen LogP contribution in [-0.4, -0.2) is 14.5 Å². The lowest BCUT2D eigenvalue weighted by atomic mass is 9.89. The van der Waals surface area contributed by atoms with Crippen molar-refractivity contribution in [2.75, 3.05) is 0 Å². The molecule has 0 amide bonds. The molecule has 10 aromatic carbocycles. The van der Waals surface area contributed by atoms with Crippen LogP contribution in [0.1, 0.15) is 0 Å². The fourth-order valence-corrected chi connectivity index (χ4v) is 9.24. The summed E-state index contributed by atoms with van der Waals surface area (Å²) in [7, 11) is 0. The standard InChI is InChI=1S/C58H37N3/c1-2-13-44(14-3-1)58-59-53(41-24-22-38(23-25-41)39-30-33-46(34-31-39)61-55-20-10-8-18-49(55)50-19-9-11-21-56(50)61)37-54(60-58)42-26-28-43(29-27-42)57-48-17-7-5-15-45(48)36-52-47-16-6-4-12-40(47)32-35-51(52)57/h1-37H. The minimum Gasteiger partial charge on any atom is -0.309 e. The van der Waals surface area contributed by atoms with Gasteiger partial charge >= 0.3 is 0 Å². The Hall–Kier alpha value is -8.14. The Kier molecular flexibility index (Phi) is 8.17. The van der Waals surface area contributed by atoms with Crippen molar-refractivity contribution in [3.8, 4) is 61.8 Å². The molecule has 3 nitrogen and oxygen atoms in total. The monoisotopic (exact) mass is 775 g/mol. The smallest absolute Gasteiger partial charge is 0.160 e. The second-order valence-corrected chi connectivity index (χ2v) is 15.8. The number of para-hydroxylation sites is 2. The van der Waals surface area contributed by atoms with E-state index in [9.17, 15) is 0 Å². The number of nitrogens with zero attached hydrogens (tertiary/aromatic N) is 3. The Morgan fingerprint density at radius 3 is 1.41 bits per heavy atom. The van der Waals surface area contributed by atoms with Crippen molar-refractivity contribution in [2.45, 2.75) is 0 Å². The van der Waals surface area contributed by atoms with Gasteiger partial charge in [0.1, 0.15) is 0 Å². The molecule has 2 heterocycles. The zero-order valence-electron chi connectivity index (χ0n) is 33.2. The van der Waals surface area contributed by atoms with Gasteiger partial charge < -0.3 is 4.57 Å². The van der Waals surface area contributed by atoms with E-state index < -0.39 is 0 Å². The number of hydrogen-bond acceptors (Lipinski definition) is 2. The molecule has 0 N–H and O–H groups in total. The molecular weight excluding hydrogens is 739 g/mol. The van der Waals surface area contributed by atoms with Gasteiger partial charge in [0.25, 0.3) is 0 Å². The van der Waals surface area contributed by atoms with Crippen LogP contribution in [0.3, 0.4) is 0 Å². The molecule has 0 spiro atoms. The van der Waals surface area contributed by atoms with E-state index in [1.54, 1.807) is 0 Å². The summed E-state index contributed by atoms with van der Waals surface area (Å²) >= 11 is 0. The quantitative estimate of drug-likeness (QED) is 0.124. The highest BCUT2D eigenvalue weighted by Gasteiger charge is 2.16. The van der Waals surface area contributed by atoms with Crippen LogP contribution in [0.4, 0.5) is 0 Å². The van der Waals surface area contributed by atoms with Crippen LogP contribution in [-0.2, 0) is 0 Å². The van der Waals surface area contributed by atoms with E-state index in [-0.39, 0.29) is 0 Å². The van der Waals surface area contributed by atoms with Gasteiger partial charge in [-0.3, -0.25) is 0 Å².